The van der Waals surface area contributed by atoms with E-state index in [0.29, 0.717) is 6.04 Å². The van der Waals surface area contributed by atoms with Crippen LogP contribution < -0.4 is 5.73 Å². The highest BCUT2D eigenvalue weighted by Gasteiger charge is 2.15. The summed E-state index contributed by atoms with van der Waals surface area (Å²) < 4.78 is 0. The zero-order valence-corrected chi connectivity index (χ0v) is 8.45. The SMILES string of the molecule is NC1CCCCN(Cc2ccn[nH]2)C1. The standard InChI is InChI=1S/C10H18N4/c11-9-3-1-2-6-14(7-9)8-10-4-5-12-13-10/h4-5,9H,1-3,6-8,11H2,(H,12,13). The summed E-state index contributed by atoms with van der Waals surface area (Å²) in [5, 5.41) is 6.93. The molecule has 0 spiro atoms. The Balaban J connectivity index is 1.90. The molecule has 1 atom stereocenters. The monoisotopic (exact) mass is 194 g/mol. The van der Waals surface area contributed by atoms with Gasteiger partial charge in [0.1, 0.15) is 0 Å². The lowest BCUT2D eigenvalue weighted by atomic mass is 10.2. The lowest BCUT2D eigenvalue weighted by Gasteiger charge is -2.21. The summed E-state index contributed by atoms with van der Waals surface area (Å²) in [7, 11) is 0. The molecule has 0 aromatic carbocycles. The molecule has 4 heteroatoms. The van der Waals surface area contributed by atoms with E-state index >= 15 is 0 Å². The molecule has 0 bridgehead atoms. The Morgan fingerprint density at radius 3 is 3.29 bits per heavy atom. The number of nitrogens with one attached hydrogen (secondary N) is 1. The van der Waals surface area contributed by atoms with Gasteiger partial charge in [-0.2, -0.15) is 5.10 Å². The summed E-state index contributed by atoms with van der Waals surface area (Å²) in [6.45, 7) is 3.12. The Bertz CT molecular complexity index is 257. The van der Waals surface area contributed by atoms with Gasteiger partial charge in [0, 0.05) is 31.0 Å². The largest absolute Gasteiger partial charge is 0.327 e. The predicted octanol–water partition coefficient (Wildman–Crippen LogP) is 0.723. The van der Waals surface area contributed by atoms with Gasteiger partial charge in [-0.05, 0) is 25.5 Å². The Morgan fingerprint density at radius 1 is 1.57 bits per heavy atom. The number of aromatic amines is 1. The van der Waals surface area contributed by atoms with Crippen LogP contribution in [0.5, 0.6) is 0 Å². The van der Waals surface area contributed by atoms with Gasteiger partial charge < -0.3 is 5.73 Å². The maximum atomic E-state index is 5.99. The maximum absolute atomic E-state index is 5.99. The number of likely N-dealkylation sites (tertiary alicyclic amines) is 1. The van der Waals surface area contributed by atoms with E-state index in [4.69, 9.17) is 5.73 Å². The average molecular weight is 194 g/mol. The maximum Gasteiger partial charge on any atom is 0.0492 e. The normalized spacial score (nSPS) is 24.8. The first kappa shape index (κ1) is 9.68. The molecule has 4 nitrogen and oxygen atoms in total. The zero-order chi connectivity index (χ0) is 9.80. The molecule has 1 unspecified atom stereocenters. The molecular formula is C10H18N4. The van der Waals surface area contributed by atoms with E-state index in [1.807, 2.05) is 6.07 Å². The van der Waals surface area contributed by atoms with Crippen molar-refractivity contribution in [2.24, 2.45) is 5.73 Å². The minimum absolute atomic E-state index is 0.348. The van der Waals surface area contributed by atoms with Gasteiger partial charge in [-0.15, -0.1) is 0 Å². The van der Waals surface area contributed by atoms with Crippen molar-refractivity contribution in [2.75, 3.05) is 13.1 Å². The molecule has 14 heavy (non-hydrogen) atoms. The van der Waals surface area contributed by atoms with E-state index < -0.39 is 0 Å². The highest BCUT2D eigenvalue weighted by molar-refractivity contribution is 4.97. The second kappa shape index (κ2) is 4.57. The van der Waals surface area contributed by atoms with Crippen LogP contribution in [0.1, 0.15) is 25.0 Å². The number of hydrogen-bond donors (Lipinski definition) is 2. The van der Waals surface area contributed by atoms with Gasteiger partial charge in [-0.25, -0.2) is 0 Å². The first-order chi connectivity index (χ1) is 6.84. The molecule has 78 valence electrons. The quantitative estimate of drug-likeness (QED) is 0.729. The van der Waals surface area contributed by atoms with Crippen LogP contribution in [-0.4, -0.2) is 34.2 Å². The third-order valence-electron chi connectivity index (χ3n) is 2.74. The summed E-state index contributed by atoms with van der Waals surface area (Å²) in [4.78, 5) is 2.41. The van der Waals surface area contributed by atoms with Gasteiger partial charge in [0.25, 0.3) is 0 Å². The van der Waals surface area contributed by atoms with Gasteiger partial charge in [-0.3, -0.25) is 10.00 Å². The smallest absolute Gasteiger partial charge is 0.0492 e. The van der Waals surface area contributed by atoms with Crippen LogP contribution in [-0.2, 0) is 6.54 Å². The van der Waals surface area contributed by atoms with E-state index in [1.54, 1.807) is 6.20 Å². The molecular weight excluding hydrogens is 176 g/mol. The van der Waals surface area contributed by atoms with Gasteiger partial charge >= 0.3 is 0 Å². The van der Waals surface area contributed by atoms with E-state index in [9.17, 15) is 0 Å². The van der Waals surface area contributed by atoms with E-state index in [2.05, 4.69) is 15.1 Å². The molecule has 3 N–H and O–H groups in total. The predicted molar refractivity (Wildman–Crippen MR) is 55.7 cm³/mol. The highest BCUT2D eigenvalue weighted by Crippen LogP contribution is 2.11. The van der Waals surface area contributed by atoms with Gasteiger partial charge in [0.15, 0.2) is 0 Å². The number of nitrogens with two attached hydrogens (primary N) is 1. The lowest BCUT2D eigenvalue weighted by molar-refractivity contribution is 0.262. The number of rotatable bonds is 2. The van der Waals surface area contributed by atoms with Crippen molar-refractivity contribution in [3.8, 4) is 0 Å². The van der Waals surface area contributed by atoms with Crippen LogP contribution >= 0.6 is 0 Å². The molecule has 1 aromatic rings. The van der Waals surface area contributed by atoms with Gasteiger partial charge in [0.05, 0.1) is 0 Å². The molecule has 0 aliphatic carbocycles. The Hall–Kier alpha value is -0.870. The highest BCUT2D eigenvalue weighted by atomic mass is 15.2. The van der Waals surface area contributed by atoms with Crippen molar-refractivity contribution < 1.29 is 0 Å². The van der Waals surface area contributed by atoms with Crippen molar-refractivity contribution in [3.05, 3.63) is 18.0 Å². The van der Waals surface area contributed by atoms with Crippen molar-refractivity contribution >= 4 is 0 Å². The summed E-state index contributed by atoms with van der Waals surface area (Å²) in [6, 6.07) is 2.37. The van der Waals surface area contributed by atoms with E-state index in [-0.39, 0.29) is 0 Å². The molecule has 2 heterocycles. The van der Waals surface area contributed by atoms with Crippen molar-refractivity contribution in [1.29, 1.82) is 0 Å². The second-order valence-electron chi connectivity index (χ2n) is 4.07. The topological polar surface area (TPSA) is 57.9 Å². The molecule has 0 saturated carbocycles. The fourth-order valence-corrected chi connectivity index (χ4v) is 2.01. The molecule has 1 saturated heterocycles. The molecule has 1 fully saturated rings. The van der Waals surface area contributed by atoms with Crippen LogP contribution in [0, 0.1) is 0 Å². The third-order valence-corrected chi connectivity index (χ3v) is 2.74. The van der Waals surface area contributed by atoms with Gasteiger partial charge in [0.2, 0.25) is 0 Å². The molecule has 0 radical (unpaired) electrons. The number of nitrogens with zero attached hydrogens (tertiary/aromatic N) is 2. The molecule has 1 aliphatic heterocycles. The van der Waals surface area contributed by atoms with Crippen LogP contribution in [0.4, 0.5) is 0 Å². The Morgan fingerprint density at radius 2 is 2.50 bits per heavy atom. The van der Waals surface area contributed by atoms with Gasteiger partial charge in [-0.1, -0.05) is 6.42 Å². The first-order valence-corrected chi connectivity index (χ1v) is 5.31. The minimum atomic E-state index is 0.348. The second-order valence-corrected chi connectivity index (χ2v) is 4.07. The van der Waals surface area contributed by atoms with Crippen LogP contribution in [0.25, 0.3) is 0 Å². The third kappa shape index (κ3) is 2.56. The van der Waals surface area contributed by atoms with Crippen LogP contribution in [0.2, 0.25) is 0 Å². The summed E-state index contributed by atoms with van der Waals surface area (Å²) in [5.74, 6) is 0. The van der Waals surface area contributed by atoms with Crippen molar-refractivity contribution in [3.63, 3.8) is 0 Å². The summed E-state index contributed by atoms with van der Waals surface area (Å²) >= 11 is 0. The number of hydrogen-bond acceptors (Lipinski definition) is 3. The molecule has 2 rings (SSSR count). The molecule has 1 aromatic heterocycles. The molecule has 0 amide bonds. The Kier molecular flexibility index (Phi) is 3.16. The van der Waals surface area contributed by atoms with E-state index in [0.717, 1.165) is 19.6 Å². The fourth-order valence-electron chi connectivity index (χ4n) is 2.01. The van der Waals surface area contributed by atoms with Crippen LogP contribution in [0.15, 0.2) is 12.3 Å². The number of H-pyrrole nitrogens is 1. The van der Waals surface area contributed by atoms with Crippen LogP contribution in [0.3, 0.4) is 0 Å². The van der Waals surface area contributed by atoms with Crippen molar-refractivity contribution in [1.82, 2.24) is 15.1 Å². The minimum Gasteiger partial charge on any atom is -0.327 e. The lowest BCUT2D eigenvalue weighted by Crippen LogP contribution is -2.35. The molecule has 1 aliphatic rings. The Labute approximate surface area is 84.5 Å². The zero-order valence-electron chi connectivity index (χ0n) is 8.45. The summed E-state index contributed by atoms with van der Waals surface area (Å²) in [6.07, 6.45) is 5.50. The van der Waals surface area contributed by atoms with Crippen molar-refractivity contribution in [2.45, 2.75) is 31.8 Å². The van der Waals surface area contributed by atoms with E-state index in [1.165, 1.54) is 25.0 Å². The average Bonchev–Trinajstić information content (AvgIpc) is 2.56. The number of aromatic nitrogens is 2. The first-order valence-electron chi connectivity index (χ1n) is 5.31. The fraction of sp³-hybridized carbons (Fsp3) is 0.700. The summed E-state index contributed by atoms with van der Waals surface area (Å²) in [5.41, 5.74) is 7.17.